The van der Waals surface area contributed by atoms with Gasteiger partial charge in [-0.05, 0) is 6.26 Å². The van der Waals surface area contributed by atoms with Crippen molar-refractivity contribution in [3.05, 3.63) is 0 Å². The standard InChI is InChI=1S/C6H12N2O2S2/c1-8(4-5-11-2)12(9,10)6-3-7/h4-6H2,1-2H3. The first-order valence-electron chi connectivity index (χ1n) is 3.34. The van der Waals surface area contributed by atoms with Crippen LogP contribution in [0.2, 0.25) is 0 Å². The molecule has 0 bridgehead atoms. The highest BCUT2D eigenvalue weighted by atomic mass is 32.2. The monoisotopic (exact) mass is 208 g/mol. The number of nitrogens with zero attached hydrogens (tertiary/aromatic N) is 2. The van der Waals surface area contributed by atoms with Crippen LogP contribution in [0.15, 0.2) is 0 Å². The molecular weight excluding hydrogens is 196 g/mol. The predicted molar refractivity (Wildman–Crippen MR) is 50.4 cm³/mol. The summed E-state index contributed by atoms with van der Waals surface area (Å²) in [6.45, 7) is 0.463. The zero-order chi connectivity index (χ0) is 9.61. The maximum Gasteiger partial charge on any atom is 0.227 e. The lowest BCUT2D eigenvalue weighted by atomic mass is 10.8. The second-order valence-electron chi connectivity index (χ2n) is 2.23. The summed E-state index contributed by atoms with van der Waals surface area (Å²) in [7, 11) is -1.83. The van der Waals surface area contributed by atoms with Crippen LogP contribution in [0, 0.1) is 11.3 Å². The van der Waals surface area contributed by atoms with Crippen molar-refractivity contribution in [2.24, 2.45) is 0 Å². The minimum absolute atomic E-state index is 0.433. The molecule has 0 radical (unpaired) electrons. The molecule has 6 heteroatoms. The van der Waals surface area contributed by atoms with Crippen molar-refractivity contribution < 1.29 is 8.42 Å². The van der Waals surface area contributed by atoms with E-state index in [1.54, 1.807) is 17.8 Å². The fraction of sp³-hybridized carbons (Fsp3) is 0.833. The summed E-state index contributed by atoms with van der Waals surface area (Å²) < 4.78 is 23.5. The molecule has 0 saturated carbocycles. The van der Waals surface area contributed by atoms with Gasteiger partial charge < -0.3 is 0 Å². The average molecular weight is 208 g/mol. The lowest BCUT2D eigenvalue weighted by Crippen LogP contribution is -2.30. The molecule has 0 aromatic carbocycles. The zero-order valence-electron chi connectivity index (χ0n) is 7.15. The van der Waals surface area contributed by atoms with Crippen LogP contribution in [0.5, 0.6) is 0 Å². The molecule has 70 valence electrons. The Morgan fingerprint density at radius 2 is 2.17 bits per heavy atom. The second kappa shape index (κ2) is 5.41. The summed E-state index contributed by atoms with van der Waals surface area (Å²) in [4.78, 5) is 0. The molecule has 0 heterocycles. The van der Waals surface area contributed by atoms with Crippen molar-refractivity contribution in [3.8, 4) is 6.07 Å². The van der Waals surface area contributed by atoms with Crippen LogP contribution in [-0.4, -0.2) is 44.1 Å². The van der Waals surface area contributed by atoms with Gasteiger partial charge in [-0.2, -0.15) is 17.0 Å². The van der Waals surface area contributed by atoms with Crippen molar-refractivity contribution in [2.45, 2.75) is 0 Å². The molecule has 0 rings (SSSR count). The molecular formula is C6H12N2O2S2. The van der Waals surface area contributed by atoms with E-state index in [4.69, 9.17) is 5.26 Å². The summed E-state index contributed by atoms with van der Waals surface area (Å²) in [5.41, 5.74) is 0. The molecule has 0 spiro atoms. The lowest BCUT2D eigenvalue weighted by molar-refractivity contribution is 0.492. The SMILES string of the molecule is CSCCN(C)S(=O)(=O)CC#N. The van der Waals surface area contributed by atoms with Crippen molar-refractivity contribution in [3.63, 3.8) is 0 Å². The fourth-order valence-corrected chi connectivity index (χ4v) is 1.88. The summed E-state index contributed by atoms with van der Waals surface area (Å²) >= 11 is 1.58. The highest BCUT2D eigenvalue weighted by molar-refractivity contribution is 7.98. The van der Waals surface area contributed by atoms with Crippen LogP contribution in [0.1, 0.15) is 0 Å². The summed E-state index contributed by atoms with van der Waals surface area (Å²) in [5, 5.41) is 8.22. The third kappa shape index (κ3) is 3.95. The molecule has 0 aliphatic carbocycles. The molecule has 12 heavy (non-hydrogen) atoms. The van der Waals surface area contributed by atoms with Gasteiger partial charge in [0.2, 0.25) is 10.0 Å². The Bertz CT molecular complexity index is 255. The van der Waals surface area contributed by atoms with E-state index in [0.717, 1.165) is 5.75 Å². The Hall–Kier alpha value is -0.250. The third-order valence-corrected chi connectivity index (χ3v) is 3.55. The number of rotatable bonds is 5. The maximum absolute atomic E-state index is 11.1. The number of sulfonamides is 1. The molecule has 0 fully saturated rings. The molecule has 0 amide bonds. The highest BCUT2D eigenvalue weighted by Gasteiger charge is 2.15. The van der Waals surface area contributed by atoms with Gasteiger partial charge in [0, 0.05) is 19.3 Å². The Labute approximate surface area is 77.6 Å². The van der Waals surface area contributed by atoms with Gasteiger partial charge >= 0.3 is 0 Å². The molecule has 0 aliphatic heterocycles. The quantitative estimate of drug-likeness (QED) is 0.644. The van der Waals surface area contributed by atoms with Crippen molar-refractivity contribution >= 4 is 21.8 Å². The number of nitriles is 1. The molecule has 0 unspecified atom stereocenters. The fourth-order valence-electron chi connectivity index (χ4n) is 0.551. The zero-order valence-corrected chi connectivity index (χ0v) is 8.78. The molecule has 4 nitrogen and oxygen atoms in total. The second-order valence-corrected chi connectivity index (χ2v) is 5.29. The van der Waals surface area contributed by atoms with Crippen molar-refractivity contribution in [1.82, 2.24) is 4.31 Å². The normalized spacial score (nSPS) is 11.5. The molecule has 0 atom stereocenters. The average Bonchev–Trinajstić information content (AvgIpc) is 2.00. The summed E-state index contributed by atoms with van der Waals surface area (Å²) in [5.74, 6) is 0.318. The van der Waals surface area contributed by atoms with E-state index < -0.39 is 15.8 Å². The minimum Gasteiger partial charge on any atom is -0.211 e. The van der Waals surface area contributed by atoms with Gasteiger partial charge in [-0.3, -0.25) is 0 Å². The van der Waals surface area contributed by atoms with Crippen LogP contribution in [0.3, 0.4) is 0 Å². The Kier molecular flexibility index (Phi) is 5.29. The van der Waals surface area contributed by atoms with Gasteiger partial charge in [0.05, 0.1) is 6.07 Å². The van der Waals surface area contributed by atoms with E-state index in [-0.39, 0.29) is 0 Å². The van der Waals surface area contributed by atoms with Gasteiger partial charge in [0.25, 0.3) is 0 Å². The highest BCUT2D eigenvalue weighted by Crippen LogP contribution is 2.00. The summed E-state index contributed by atoms with van der Waals surface area (Å²) in [6, 6.07) is 1.63. The Balaban J connectivity index is 4.09. The minimum atomic E-state index is -3.32. The number of thioether (sulfide) groups is 1. The smallest absolute Gasteiger partial charge is 0.211 e. The molecule has 0 aromatic rings. The number of hydrogen-bond donors (Lipinski definition) is 0. The first-order valence-corrected chi connectivity index (χ1v) is 6.35. The van der Waals surface area contributed by atoms with E-state index in [0.29, 0.717) is 6.54 Å². The molecule has 0 aliphatic rings. The van der Waals surface area contributed by atoms with Gasteiger partial charge in [-0.25, -0.2) is 12.7 Å². The first kappa shape index (κ1) is 11.8. The van der Waals surface area contributed by atoms with Crippen LogP contribution < -0.4 is 0 Å². The van der Waals surface area contributed by atoms with Crippen LogP contribution >= 0.6 is 11.8 Å². The number of hydrogen-bond acceptors (Lipinski definition) is 4. The van der Waals surface area contributed by atoms with Crippen molar-refractivity contribution in [2.75, 3.05) is 31.4 Å². The largest absolute Gasteiger partial charge is 0.227 e. The topological polar surface area (TPSA) is 61.2 Å². The van der Waals surface area contributed by atoms with Crippen LogP contribution in [-0.2, 0) is 10.0 Å². The van der Waals surface area contributed by atoms with E-state index in [1.165, 1.54) is 11.4 Å². The van der Waals surface area contributed by atoms with E-state index in [9.17, 15) is 8.42 Å². The van der Waals surface area contributed by atoms with E-state index in [1.807, 2.05) is 6.26 Å². The van der Waals surface area contributed by atoms with Gasteiger partial charge in [0.15, 0.2) is 5.75 Å². The van der Waals surface area contributed by atoms with Crippen molar-refractivity contribution in [1.29, 1.82) is 5.26 Å². The van der Waals surface area contributed by atoms with Crippen LogP contribution in [0.25, 0.3) is 0 Å². The third-order valence-electron chi connectivity index (χ3n) is 1.33. The van der Waals surface area contributed by atoms with Crippen LogP contribution in [0.4, 0.5) is 0 Å². The summed E-state index contributed by atoms with van der Waals surface area (Å²) in [6.07, 6.45) is 1.91. The van der Waals surface area contributed by atoms with Gasteiger partial charge in [-0.15, -0.1) is 0 Å². The lowest BCUT2D eigenvalue weighted by Gasteiger charge is -2.13. The Morgan fingerprint density at radius 1 is 1.58 bits per heavy atom. The Morgan fingerprint density at radius 3 is 2.58 bits per heavy atom. The van der Waals surface area contributed by atoms with E-state index in [2.05, 4.69) is 0 Å². The molecule has 0 saturated heterocycles. The maximum atomic E-state index is 11.1. The molecule has 0 aromatic heterocycles. The van der Waals surface area contributed by atoms with Gasteiger partial charge in [0.1, 0.15) is 0 Å². The molecule has 0 N–H and O–H groups in total. The van der Waals surface area contributed by atoms with Gasteiger partial charge in [-0.1, -0.05) is 0 Å². The predicted octanol–water partition coefficient (Wildman–Crippen LogP) is 0.135. The van der Waals surface area contributed by atoms with E-state index >= 15 is 0 Å². The first-order chi connectivity index (χ1) is 5.54.